The first-order valence-electron chi connectivity index (χ1n) is 11.2. The van der Waals surface area contributed by atoms with Crippen LogP contribution in [0.25, 0.3) is 5.65 Å². The van der Waals surface area contributed by atoms with Gasteiger partial charge in [-0.25, -0.2) is 9.50 Å². The molecule has 6 rings (SSSR count). The van der Waals surface area contributed by atoms with E-state index in [4.69, 9.17) is 4.74 Å². The van der Waals surface area contributed by atoms with Gasteiger partial charge in [0.1, 0.15) is 5.56 Å². The number of likely N-dealkylation sites (N-methyl/N-ethyl adjacent to an activating group) is 1. The molecule has 2 aromatic heterocycles. The van der Waals surface area contributed by atoms with Crippen LogP contribution in [-0.4, -0.2) is 88.7 Å². The maximum atomic E-state index is 13.2. The molecule has 2 saturated heterocycles. The van der Waals surface area contributed by atoms with Gasteiger partial charge >= 0.3 is 0 Å². The Bertz CT molecular complexity index is 1240. The van der Waals surface area contributed by atoms with Crippen molar-refractivity contribution in [1.29, 1.82) is 0 Å². The Balaban J connectivity index is 1.35. The zero-order valence-corrected chi connectivity index (χ0v) is 18.4. The summed E-state index contributed by atoms with van der Waals surface area (Å²) in [5.74, 6) is -0.206. The van der Waals surface area contributed by atoms with E-state index in [1.807, 2.05) is 17.0 Å². The minimum absolute atomic E-state index is 0.0716. The third-order valence-corrected chi connectivity index (χ3v) is 6.66. The van der Waals surface area contributed by atoms with Crippen LogP contribution >= 0.6 is 0 Å². The SMILES string of the molecule is CN1CC(N2Cc3cc(NC(=O)c4cnn5cccnc45)c(N4CCOCC4)cc3C2=O)C1. The highest BCUT2D eigenvalue weighted by Crippen LogP contribution is 2.36. The van der Waals surface area contributed by atoms with Crippen LogP contribution in [0.5, 0.6) is 0 Å². The molecule has 33 heavy (non-hydrogen) atoms. The smallest absolute Gasteiger partial charge is 0.261 e. The van der Waals surface area contributed by atoms with Crippen LogP contribution in [0.1, 0.15) is 26.3 Å². The second kappa shape index (κ2) is 7.82. The molecule has 10 heteroatoms. The topological polar surface area (TPSA) is 95.3 Å². The predicted octanol–water partition coefficient (Wildman–Crippen LogP) is 1.09. The largest absolute Gasteiger partial charge is 0.378 e. The quantitative estimate of drug-likeness (QED) is 0.640. The molecule has 10 nitrogen and oxygen atoms in total. The fraction of sp³-hybridized carbons (Fsp3) is 0.391. The van der Waals surface area contributed by atoms with E-state index in [1.54, 1.807) is 23.0 Å². The molecule has 0 unspecified atom stereocenters. The van der Waals surface area contributed by atoms with Gasteiger partial charge in [0.2, 0.25) is 0 Å². The number of hydrogen-bond donors (Lipinski definition) is 1. The van der Waals surface area contributed by atoms with Crippen LogP contribution < -0.4 is 10.2 Å². The Labute approximate surface area is 190 Å². The van der Waals surface area contributed by atoms with Gasteiger partial charge in [0.25, 0.3) is 11.8 Å². The molecule has 2 amide bonds. The van der Waals surface area contributed by atoms with Crippen molar-refractivity contribution >= 4 is 28.8 Å². The lowest BCUT2D eigenvalue weighted by Crippen LogP contribution is -2.57. The lowest BCUT2D eigenvalue weighted by molar-refractivity contribution is 0.0386. The van der Waals surface area contributed by atoms with E-state index in [2.05, 4.69) is 32.2 Å². The normalized spacial score (nSPS) is 19.1. The summed E-state index contributed by atoms with van der Waals surface area (Å²) >= 11 is 0. The highest BCUT2D eigenvalue weighted by Gasteiger charge is 2.38. The van der Waals surface area contributed by atoms with Crippen LogP contribution in [-0.2, 0) is 11.3 Å². The Morgan fingerprint density at radius 2 is 2.03 bits per heavy atom. The lowest BCUT2D eigenvalue weighted by Gasteiger charge is -2.41. The highest BCUT2D eigenvalue weighted by molar-refractivity contribution is 6.10. The molecule has 1 N–H and O–H groups in total. The monoisotopic (exact) mass is 447 g/mol. The average molecular weight is 447 g/mol. The van der Waals surface area contributed by atoms with Crippen molar-refractivity contribution in [3.63, 3.8) is 0 Å². The van der Waals surface area contributed by atoms with Gasteiger partial charge in [0.05, 0.1) is 36.8 Å². The van der Waals surface area contributed by atoms with Crippen molar-refractivity contribution in [2.75, 3.05) is 56.7 Å². The lowest BCUT2D eigenvalue weighted by atomic mass is 10.1. The molecule has 3 aromatic rings. The van der Waals surface area contributed by atoms with Crippen LogP contribution in [0.3, 0.4) is 0 Å². The summed E-state index contributed by atoms with van der Waals surface area (Å²) in [6.45, 7) is 4.96. The number of anilines is 2. The summed E-state index contributed by atoms with van der Waals surface area (Å²) in [5.41, 5.74) is 4.10. The molecule has 0 aliphatic carbocycles. The molecule has 2 fully saturated rings. The number of morpholine rings is 1. The number of carbonyl (C=O) groups excluding carboxylic acids is 2. The number of rotatable bonds is 4. The van der Waals surface area contributed by atoms with Crippen molar-refractivity contribution in [3.05, 3.63) is 53.5 Å². The van der Waals surface area contributed by atoms with Gasteiger partial charge < -0.3 is 24.8 Å². The number of likely N-dealkylation sites (tertiary alicyclic amines) is 1. The zero-order chi connectivity index (χ0) is 22.5. The van der Waals surface area contributed by atoms with Gasteiger partial charge in [0.15, 0.2) is 5.65 Å². The van der Waals surface area contributed by atoms with Crippen molar-refractivity contribution in [3.8, 4) is 0 Å². The molecular weight excluding hydrogens is 422 g/mol. The number of aromatic nitrogens is 3. The molecule has 170 valence electrons. The first kappa shape index (κ1) is 20.1. The van der Waals surface area contributed by atoms with E-state index in [0.29, 0.717) is 49.7 Å². The van der Waals surface area contributed by atoms with Crippen molar-refractivity contribution in [2.45, 2.75) is 12.6 Å². The Morgan fingerprint density at radius 3 is 2.82 bits per heavy atom. The molecular formula is C23H25N7O3. The summed E-state index contributed by atoms with van der Waals surface area (Å²) < 4.78 is 7.09. The number of amides is 2. The first-order chi connectivity index (χ1) is 16.1. The summed E-state index contributed by atoms with van der Waals surface area (Å²) in [6, 6.07) is 5.90. The number of fused-ring (bicyclic) bond motifs is 2. The Kier molecular flexibility index (Phi) is 4.77. The van der Waals surface area contributed by atoms with Crippen molar-refractivity contribution in [1.82, 2.24) is 24.4 Å². The van der Waals surface area contributed by atoms with Crippen LogP contribution in [0.2, 0.25) is 0 Å². The molecule has 0 saturated carbocycles. The van der Waals surface area contributed by atoms with E-state index >= 15 is 0 Å². The summed E-state index contributed by atoms with van der Waals surface area (Å²) in [5, 5.41) is 7.30. The van der Waals surface area contributed by atoms with Gasteiger partial charge in [-0.1, -0.05) is 0 Å². The number of carbonyl (C=O) groups is 2. The van der Waals surface area contributed by atoms with Gasteiger partial charge in [-0.3, -0.25) is 9.59 Å². The minimum Gasteiger partial charge on any atom is -0.378 e. The number of ether oxygens (including phenoxy) is 1. The Morgan fingerprint density at radius 1 is 1.21 bits per heavy atom. The first-order valence-corrected chi connectivity index (χ1v) is 11.2. The number of nitrogens with one attached hydrogen (secondary N) is 1. The van der Waals surface area contributed by atoms with Gasteiger partial charge in [0, 0.05) is 50.7 Å². The standard InChI is InChI=1S/C23H25N7O3/c1-27-13-16(14-27)29-12-15-9-19(20(10-17(15)23(29)32)28-5-7-33-8-6-28)26-22(31)18-11-25-30-4-2-3-24-21(18)30/h2-4,9-11,16H,5-8,12-14H2,1H3,(H,26,31). The molecule has 0 radical (unpaired) electrons. The van der Waals surface area contributed by atoms with Crippen LogP contribution in [0, 0.1) is 0 Å². The third-order valence-electron chi connectivity index (χ3n) is 6.66. The molecule has 0 spiro atoms. The predicted molar refractivity (Wildman–Crippen MR) is 122 cm³/mol. The number of benzene rings is 1. The number of hydrogen-bond acceptors (Lipinski definition) is 7. The van der Waals surface area contributed by atoms with Gasteiger partial charge in [-0.15, -0.1) is 0 Å². The molecule has 0 bridgehead atoms. The van der Waals surface area contributed by atoms with E-state index in [0.717, 1.165) is 29.9 Å². The number of nitrogens with zero attached hydrogens (tertiary/aromatic N) is 6. The highest BCUT2D eigenvalue weighted by atomic mass is 16.5. The maximum absolute atomic E-state index is 13.2. The second-order valence-electron chi connectivity index (χ2n) is 8.83. The maximum Gasteiger partial charge on any atom is 0.261 e. The molecule has 3 aliphatic rings. The van der Waals surface area contributed by atoms with Crippen LogP contribution in [0.4, 0.5) is 11.4 Å². The summed E-state index contributed by atoms with van der Waals surface area (Å²) in [7, 11) is 2.06. The Hall–Kier alpha value is -3.50. The third kappa shape index (κ3) is 3.42. The van der Waals surface area contributed by atoms with Gasteiger partial charge in [-0.2, -0.15) is 5.10 Å². The molecule has 3 aliphatic heterocycles. The fourth-order valence-corrected chi connectivity index (χ4v) is 4.87. The van der Waals surface area contributed by atoms with E-state index in [9.17, 15) is 9.59 Å². The van der Waals surface area contributed by atoms with Gasteiger partial charge in [-0.05, 0) is 30.8 Å². The molecule has 1 aromatic carbocycles. The van der Waals surface area contributed by atoms with Crippen LogP contribution in [0.15, 0.2) is 36.8 Å². The van der Waals surface area contributed by atoms with Crippen molar-refractivity contribution in [2.24, 2.45) is 0 Å². The van der Waals surface area contributed by atoms with E-state index in [1.165, 1.54) is 6.20 Å². The zero-order valence-electron chi connectivity index (χ0n) is 18.4. The van der Waals surface area contributed by atoms with Crippen molar-refractivity contribution < 1.29 is 14.3 Å². The summed E-state index contributed by atoms with van der Waals surface area (Å²) in [6.07, 6.45) is 4.92. The van der Waals surface area contributed by atoms with E-state index in [-0.39, 0.29) is 17.9 Å². The second-order valence-corrected chi connectivity index (χ2v) is 8.83. The summed E-state index contributed by atoms with van der Waals surface area (Å²) in [4.78, 5) is 37.0. The molecule has 5 heterocycles. The fourth-order valence-electron chi connectivity index (χ4n) is 4.87. The van der Waals surface area contributed by atoms with E-state index < -0.39 is 0 Å². The average Bonchev–Trinajstić information content (AvgIpc) is 3.38. The molecule has 0 atom stereocenters. The minimum atomic E-state index is -0.278.